The van der Waals surface area contributed by atoms with Gasteiger partial charge in [-0.25, -0.2) is 0 Å². The van der Waals surface area contributed by atoms with Gasteiger partial charge in [-0.1, -0.05) is 0 Å². The first-order valence-corrected chi connectivity index (χ1v) is 5.38. The van der Waals surface area contributed by atoms with Crippen molar-refractivity contribution in [2.75, 3.05) is 6.61 Å². The van der Waals surface area contributed by atoms with Crippen molar-refractivity contribution in [3.63, 3.8) is 0 Å². The summed E-state index contributed by atoms with van der Waals surface area (Å²) >= 11 is 0. The van der Waals surface area contributed by atoms with Crippen molar-refractivity contribution in [1.29, 1.82) is 0 Å². The van der Waals surface area contributed by atoms with Gasteiger partial charge < -0.3 is 9.53 Å². The molecule has 1 aromatic carbocycles. The Morgan fingerprint density at radius 2 is 2.18 bits per heavy atom. The van der Waals surface area contributed by atoms with Gasteiger partial charge in [-0.3, -0.25) is 10.1 Å². The predicted molar refractivity (Wildman–Crippen MR) is 63.2 cm³/mol. The number of aryl methyl sites for hydroxylation is 1. The molecule has 0 bridgehead atoms. The molecule has 0 atom stereocenters. The zero-order chi connectivity index (χ0) is 12.8. The fourth-order valence-corrected chi connectivity index (χ4v) is 1.43. The molecule has 17 heavy (non-hydrogen) atoms. The molecule has 0 aliphatic heterocycles. The fraction of sp³-hybridized carbons (Fsp3) is 0.417. The molecule has 5 heteroatoms. The van der Waals surface area contributed by atoms with Gasteiger partial charge in [-0.05, 0) is 32.4 Å². The molecule has 0 saturated heterocycles. The summed E-state index contributed by atoms with van der Waals surface area (Å²) < 4.78 is 5.40. The summed E-state index contributed by atoms with van der Waals surface area (Å²) in [4.78, 5) is 20.9. The monoisotopic (exact) mass is 237 g/mol. The van der Waals surface area contributed by atoms with Gasteiger partial charge in [0.05, 0.1) is 11.5 Å². The second kappa shape index (κ2) is 5.98. The highest BCUT2D eigenvalue weighted by Gasteiger charge is 2.10. The summed E-state index contributed by atoms with van der Waals surface area (Å²) in [5.74, 6) is 0.727. The summed E-state index contributed by atoms with van der Waals surface area (Å²) in [6.07, 6.45) is 1.15. The van der Waals surface area contributed by atoms with Crippen molar-refractivity contribution in [3.8, 4) is 5.75 Å². The van der Waals surface area contributed by atoms with Gasteiger partial charge in [0.1, 0.15) is 11.5 Å². The van der Waals surface area contributed by atoms with E-state index in [9.17, 15) is 14.9 Å². The zero-order valence-electron chi connectivity index (χ0n) is 9.93. The lowest BCUT2D eigenvalue weighted by Gasteiger charge is -2.06. The number of rotatable bonds is 6. The van der Waals surface area contributed by atoms with E-state index in [-0.39, 0.29) is 11.5 Å². The Labute approximate surface area is 99.5 Å². The van der Waals surface area contributed by atoms with E-state index in [4.69, 9.17) is 4.74 Å². The van der Waals surface area contributed by atoms with Crippen LogP contribution in [0, 0.1) is 17.0 Å². The maximum Gasteiger partial charge on any atom is 0.272 e. The smallest absolute Gasteiger partial charge is 0.272 e. The van der Waals surface area contributed by atoms with Crippen LogP contribution in [0.4, 0.5) is 5.69 Å². The molecule has 0 amide bonds. The van der Waals surface area contributed by atoms with Gasteiger partial charge in [0.25, 0.3) is 5.69 Å². The van der Waals surface area contributed by atoms with Crippen molar-refractivity contribution < 1.29 is 14.5 Å². The molecule has 0 spiro atoms. The lowest BCUT2D eigenvalue weighted by molar-refractivity contribution is -0.385. The molecule has 0 radical (unpaired) electrons. The minimum atomic E-state index is -0.422. The first-order valence-electron chi connectivity index (χ1n) is 5.38. The number of carbonyl (C=O) groups excluding carboxylic acids is 1. The van der Waals surface area contributed by atoms with E-state index in [0.29, 0.717) is 30.8 Å². The van der Waals surface area contributed by atoms with Gasteiger partial charge >= 0.3 is 0 Å². The largest absolute Gasteiger partial charge is 0.494 e. The van der Waals surface area contributed by atoms with Gasteiger partial charge in [0, 0.05) is 18.1 Å². The molecule has 1 aromatic rings. The molecule has 0 heterocycles. The van der Waals surface area contributed by atoms with Crippen LogP contribution in [0.3, 0.4) is 0 Å². The number of nitro benzene ring substituents is 1. The number of hydrogen-bond acceptors (Lipinski definition) is 4. The SMILES string of the molecule is CC(=O)CCCOc1ccc([N+](=O)[O-])c(C)c1. The molecule has 0 saturated carbocycles. The van der Waals surface area contributed by atoms with Crippen LogP contribution >= 0.6 is 0 Å². The zero-order valence-corrected chi connectivity index (χ0v) is 9.93. The Bertz CT molecular complexity index is 429. The van der Waals surface area contributed by atoms with Gasteiger partial charge in [0.15, 0.2) is 0 Å². The summed E-state index contributed by atoms with van der Waals surface area (Å²) in [7, 11) is 0. The molecule has 0 aliphatic carbocycles. The Balaban J connectivity index is 2.53. The molecule has 0 fully saturated rings. The lowest BCUT2D eigenvalue weighted by Crippen LogP contribution is -2.01. The van der Waals surface area contributed by atoms with Crippen LogP contribution in [0.1, 0.15) is 25.3 Å². The van der Waals surface area contributed by atoms with Crippen LogP contribution in [-0.2, 0) is 4.79 Å². The second-order valence-corrected chi connectivity index (χ2v) is 3.86. The highest BCUT2D eigenvalue weighted by molar-refractivity contribution is 5.75. The van der Waals surface area contributed by atoms with Gasteiger partial charge in [0.2, 0.25) is 0 Å². The molecule has 0 aromatic heterocycles. The van der Waals surface area contributed by atoms with E-state index >= 15 is 0 Å². The first kappa shape index (κ1) is 13.2. The van der Waals surface area contributed by atoms with E-state index in [0.717, 1.165) is 0 Å². The van der Waals surface area contributed by atoms with Crippen molar-refractivity contribution in [1.82, 2.24) is 0 Å². The van der Waals surface area contributed by atoms with Crippen LogP contribution in [0.25, 0.3) is 0 Å². The Morgan fingerprint density at radius 1 is 1.47 bits per heavy atom. The maximum absolute atomic E-state index is 10.7. The molecule has 0 unspecified atom stereocenters. The summed E-state index contributed by atoms with van der Waals surface area (Å²) in [6, 6.07) is 4.63. The Morgan fingerprint density at radius 3 is 2.71 bits per heavy atom. The summed E-state index contributed by atoms with van der Waals surface area (Å²) in [6.45, 7) is 3.65. The Hall–Kier alpha value is -1.91. The number of Topliss-reactive ketones (excluding diaryl/α,β-unsaturated/α-hetero) is 1. The van der Waals surface area contributed by atoms with E-state index in [1.807, 2.05) is 0 Å². The summed E-state index contributed by atoms with van der Waals surface area (Å²) in [5, 5.41) is 10.6. The lowest BCUT2D eigenvalue weighted by atomic mass is 10.2. The maximum atomic E-state index is 10.7. The number of hydrogen-bond donors (Lipinski definition) is 0. The van der Waals surface area contributed by atoms with Crippen molar-refractivity contribution in [2.24, 2.45) is 0 Å². The standard InChI is InChI=1S/C12H15NO4/c1-9-8-11(5-6-12(9)13(15)16)17-7-3-4-10(2)14/h5-6,8H,3-4,7H2,1-2H3. The third kappa shape index (κ3) is 4.22. The molecule has 92 valence electrons. The van der Waals surface area contributed by atoms with E-state index in [1.54, 1.807) is 19.1 Å². The number of carbonyl (C=O) groups is 1. The van der Waals surface area contributed by atoms with Crippen LogP contribution in [0.15, 0.2) is 18.2 Å². The number of nitrogens with zero attached hydrogens (tertiary/aromatic N) is 1. The number of benzene rings is 1. The topological polar surface area (TPSA) is 69.4 Å². The first-order chi connectivity index (χ1) is 8.00. The van der Waals surface area contributed by atoms with Crippen LogP contribution in [0.2, 0.25) is 0 Å². The minimum Gasteiger partial charge on any atom is -0.494 e. The van der Waals surface area contributed by atoms with E-state index in [2.05, 4.69) is 0 Å². The third-order valence-corrected chi connectivity index (χ3v) is 2.31. The third-order valence-electron chi connectivity index (χ3n) is 2.31. The minimum absolute atomic E-state index is 0.0843. The molecule has 0 aliphatic rings. The molecule has 0 N–H and O–H groups in total. The number of ether oxygens (including phenoxy) is 1. The number of ketones is 1. The molecule has 1 rings (SSSR count). The van der Waals surface area contributed by atoms with Gasteiger partial charge in [-0.15, -0.1) is 0 Å². The highest BCUT2D eigenvalue weighted by atomic mass is 16.6. The van der Waals surface area contributed by atoms with E-state index in [1.165, 1.54) is 13.0 Å². The van der Waals surface area contributed by atoms with E-state index < -0.39 is 4.92 Å². The van der Waals surface area contributed by atoms with Crippen molar-refractivity contribution in [3.05, 3.63) is 33.9 Å². The average Bonchev–Trinajstić information content (AvgIpc) is 2.23. The molecule has 5 nitrogen and oxygen atoms in total. The average molecular weight is 237 g/mol. The molecular formula is C12H15NO4. The van der Waals surface area contributed by atoms with Gasteiger partial charge in [-0.2, -0.15) is 0 Å². The predicted octanol–water partition coefficient (Wildman–Crippen LogP) is 2.65. The second-order valence-electron chi connectivity index (χ2n) is 3.86. The highest BCUT2D eigenvalue weighted by Crippen LogP contribution is 2.23. The van der Waals surface area contributed by atoms with Crippen molar-refractivity contribution in [2.45, 2.75) is 26.7 Å². The van der Waals surface area contributed by atoms with Crippen LogP contribution < -0.4 is 4.74 Å². The quantitative estimate of drug-likeness (QED) is 0.433. The number of nitro groups is 1. The summed E-state index contributed by atoms with van der Waals surface area (Å²) in [5.41, 5.74) is 0.653. The van der Waals surface area contributed by atoms with Crippen molar-refractivity contribution >= 4 is 11.5 Å². The fourth-order valence-electron chi connectivity index (χ4n) is 1.43. The molecular weight excluding hydrogens is 222 g/mol. The van der Waals surface area contributed by atoms with Crippen LogP contribution in [-0.4, -0.2) is 17.3 Å². The normalized spacial score (nSPS) is 10.0. The van der Waals surface area contributed by atoms with Crippen LogP contribution in [0.5, 0.6) is 5.75 Å². The Kier molecular flexibility index (Phi) is 4.63.